The van der Waals surface area contributed by atoms with Gasteiger partial charge in [0.25, 0.3) is 0 Å². The smallest absolute Gasteiger partial charge is 0.220 e. The minimum absolute atomic E-state index is 0.0380. The maximum absolute atomic E-state index is 12.2. The first-order valence-corrected chi connectivity index (χ1v) is 10.3. The fourth-order valence-electron chi connectivity index (χ4n) is 2.65. The summed E-state index contributed by atoms with van der Waals surface area (Å²) in [5.74, 6) is -0.562. The van der Waals surface area contributed by atoms with Crippen LogP contribution in [0, 0.1) is 13.8 Å². The molecule has 1 aliphatic rings. The van der Waals surface area contributed by atoms with Gasteiger partial charge in [-0.1, -0.05) is 12.1 Å². The van der Waals surface area contributed by atoms with Gasteiger partial charge in [-0.25, -0.2) is 8.42 Å². The van der Waals surface area contributed by atoms with Crippen LogP contribution in [0.5, 0.6) is 0 Å². The highest BCUT2D eigenvalue weighted by Gasteiger charge is 2.24. The minimum Gasteiger partial charge on any atom is -0.379 e. The van der Waals surface area contributed by atoms with E-state index in [1.54, 1.807) is 6.07 Å². The molecule has 1 aromatic rings. The lowest BCUT2D eigenvalue weighted by atomic mass is 10.0. The molecule has 0 spiro atoms. The third-order valence-electron chi connectivity index (χ3n) is 4.45. The Kier molecular flexibility index (Phi) is 7.31. The van der Waals surface area contributed by atoms with Crippen molar-refractivity contribution >= 4 is 21.7 Å². The number of carbonyl (C=O) groups excluding carboxylic acids is 2. The van der Waals surface area contributed by atoms with E-state index in [9.17, 15) is 18.0 Å². The summed E-state index contributed by atoms with van der Waals surface area (Å²) in [6, 6.07) is 5.47. The van der Waals surface area contributed by atoms with E-state index in [1.807, 2.05) is 26.0 Å². The normalized spacial score (nSPS) is 15.6. The zero-order valence-corrected chi connectivity index (χ0v) is 16.1. The van der Waals surface area contributed by atoms with Crippen molar-refractivity contribution in [2.45, 2.75) is 26.7 Å². The van der Waals surface area contributed by atoms with E-state index in [-0.39, 0.29) is 36.8 Å². The molecule has 0 atom stereocenters. The van der Waals surface area contributed by atoms with Gasteiger partial charge in [0, 0.05) is 38.0 Å². The minimum atomic E-state index is -3.39. The van der Waals surface area contributed by atoms with Crippen molar-refractivity contribution < 1.29 is 22.7 Å². The van der Waals surface area contributed by atoms with Gasteiger partial charge in [-0.3, -0.25) is 9.59 Å². The number of nitrogens with zero attached hydrogens (tertiary/aromatic N) is 1. The largest absolute Gasteiger partial charge is 0.379 e. The SMILES string of the molecule is Cc1ccc(C(=O)CCC(=O)NCCS(=O)(=O)N2CCOCC2)cc1C. The first kappa shape index (κ1) is 20.5. The monoisotopic (exact) mass is 382 g/mol. The highest BCUT2D eigenvalue weighted by Crippen LogP contribution is 2.12. The standard InChI is InChI=1S/C18H26N2O5S/c1-14-3-4-16(13-15(14)2)17(21)5-6-18(22)19-7-12-26(23,24)20-8-10-25-11-9-20/h3-4,13H,5-12H2,1-2H3,(H,19,22). The van der Waals surface area contributed by atoms with Crippen molar-refractivity contribution in [1.29, 1.82) is 0 Å². The Morgan fingerprint density at radius 2 is 1.81 bits per heavy atom. The molecule has 1 aromatic carbocycles. The molecule has 1 heterocycles. The average molecular weight is 382 g/mol. The molecule has 1 saturated heterocycles. The van der Waals surface area contributed by atoms with Crippen molar-refractivity contribution in [3.05, 3.63) is 34.9 Å². The Bertz CT molecular complexity index is 755. The first-order valence-electron chi connectivity index (χ1n) is 8.72. The van der Waals surface area contributed by atoms with E-state index in [0.29, 0.717) is 31.9 Å². The number of sulfonamides is 1. The van der Waals surface area contributed by atoms with E-state index in [2.05, 4.69) is 5.32 Å². The molecule has 1 fully saturated rings. The number of carbonyl (C=O) groups is 2. The van der Waals surface area contributed by atoms with Crippen LogP contribution in [0.4, 0.5) is 0 Å². The Morgan fingerprint density at radius 3 is 2.46 bits per heavy atom. The summed E-state index contributed by atoms with van der Waals surface area (Å²) >= 11 is 0. The summed E-state index contributed by atoms with van der Waals surface area (Å²) in [5, 5.41) is 2.58. The van der Waals surface area contributed by atoms with Gasteiger partial charge in [-0.2, -0.15) is 4.31 Å². The number of hydrogen-bond acceptors (Lipinski definition) is 5. The molecule has 0 aromatic heterocycles. The summed E-state index contributed by atoms with van der Waals surface area (Å²) in [7, 11) is -3.39. The van der Waals surface area contributed by atoms with Gasteiger partial charge in [-0.05, 0) is 31.0 Å². The molecular formula is C18H26N2O5S. The summed E-state index contributed by atoms with van der Waals surface area (Å²) in [6.07, 6.45) is 0.147. The van der Waals surface area contributed by atoms with Crippen LogP contribution in [0.1, 0.15) is 34.3 Å². The van der Waals surface area contributed by atoms with Gasteiger partial charge >= 0.3 is 0 Å². The second-order valence-corrected chi connectivity index (χ2v) is 8.49. The number of amides is 1. The van der Waals surface area contributed by atoms with Crippen molar-refractivity contribution in [3.8, 4) is 0 Å². The molecule has 0 saturated carbocycles. The van der Waals surface area contributed by atoms with Crippen molar-refractivity contribution in [1.82, 2.24) is 9.62 Å². The third-order valence-corrected chi connectivity index (χ3v) is 6.33. The van der Waals surface area contributed by atoms with Crippen LogP contribution in [0.15, 0.2) is 18.2 Å². The maximum atomic E-state index is 12.2. The molecule has 8 heteroatoms. The van der Waals surface area contributed by atoms with Gasteiger partial charge in [0.2, 0.25) is 15.9 Å². The van der Waals surface area contributed by atoms with Crippen LogP contribution in [-0.2, 0) is 19.6 Å². The molecule has 144 valence electrons. The molecule has 7 nitrogen and oxygen atoms in total. The maximum Gasteiger partial charge on any atom is 0.220 e. The second kappa shape index (κ2) is 9.25. The van der Waals surface area contributed by atoms with Gasteiger partial charge in [-0.15, -0.1) is 0 Å². The number of morpholine rings is 1. The number of aryl methyl sites for hydroxylation is 2. The predicted molar refractivity (Wildman–Crippen MR) is 98.7 cm³/mol. The number of Topliss-reactive ketones (excluding diaryl/α,β-unsaturated/α-hetero) is 1. The number of benzene rings is 1. The average Bonchev–Trinajstić information content (AvgIpc) is 2.62. The summed E-state index contributed by atoms with van der Waals surface area (Å²) in [6.45, 7) is 5.44. The van der Waals surface area contributed by atoms with Crippen molar-refractivity contribution in [2.24, 2.45) is 0 Å². The number of nitrogens with one attached hydrogen (secondary N) is 1. The van der Waals surface area contributed by atoms with Gasteiger partial charge in [0.15, 0.2) is 5.78 Å². The van der Waals surface area contributed by atoms with Crippen LogP contribution in [0.2, 0.25) is 0 Å². The van der Waals surface area contributed by atoms with Crippen LogP contribution in [-0.4, -0.2) is 63.0 Å². The van der Waals surface area contributed by atoms with Crippen molar-refractivity contribution in [2.75, 3.05) is 38.6 Å². The number of rotatable bonds is 8. The number of ether oxygens (including phenoxy) is 1. The molecule has 0 unspecified atom stereocenters. The van der Waals surface area contributed by atoms with E-state index in [1.165, 1.54) is 4.31 Å². The van der Waals surface area contributed by atoms with Crippen LogP contribution < -0.4 is 5.32 Å². The number of ketones is 1. The molecule has 0 bridgehead atoms. The van der Waals surface area contributed by atoms with E-state index in [4.69, 9.17) is 4.74 Å². The third kappa shape index (κ3) is 5.89. The van der Waals surface area contributed by atoms with E-state index in [0.717, 1.165) is 11.1 Å². The van der Waals surface area contributed by atoms with Crippen molar-refractivity contribution in [3.63, 3.8) is 0 Å². The molecule has 1 N–H and O–H groups in total. The predicted octanol–water partition coefficient (Wildman–Crippen LogP) is 1.04. The molecule has 2 rings (SSSR count). The summed E-state index contributed by atoms with van der Waals surface area (Å²) < 4.78 is 30.8. The first-order chi connectivity index (χ1) is 12.3. The van der Waals surface area contributed by atoms with E-state index >= 15 is 0 Å². The molecule has 0 radical (unpaired) electrons. The molecular weight excluding hydrogens is 356 g/mol. The Balaban J connectivity index is 1.73. The lowest BCUT2D eigenvalue weighted by molar-refractivity contribution is -0.120. The summed E-state index contributed by atoms with van der Waals surface area (Å²) in [5.41, 5.74) is 2.74. The lowest BCUT2D eigenvalue weighted by Gasteiger charge is -2.26. The van der Waals surface area contributed by atoms with Crippen LogP contribution in [0.3, 0.4) is 0 Å². The Morgan fingerprint density at radius 1 is 1.12 bits per heavy atom. The fraction of sp³-hybridized carbons (Fsp3) is 0.556. The van der Waals surface area contributed by atoms with Gasteiger partial charge in [0.1, 0.15) is 0 Å². The Hall–Kier alpha value is -1.77. The molecule has 1 aliphatic heterocycles. The fourth-order valence-corrected chi connectivity index (χ4v) is 3.97. The van der Waals surface area contributed by atoms with Gasteiger partial charge in [0.05, 0.1) is 19.0 Å². The van der Waals surface area contributed by atoms with E-state index < -0.39 is 10.0 Å². The molecule has 1 amide bonds. The molecule has 0 aliphatic carbocycles. The highest BCUT2D eigenvalue weighted by molar-refractivity contribution is 7.89. The topological polar surface area (TPSA) is 92.8 Å². The molecule has 26 heavy (non-hydrogen) atoms. The Labute approximate surface area is 154 Å². The summed E-state index contributed by atoms with van der Waals surface area (Å²) in [4.78, 5) is 24.0. The second-order valence-electron chi connectivity index (χ2n) is 6.40. The van der Waals surface area contributed by atoms with Crippen LogP contribution in [0.25, 0.3) is 0 Å². The quantitative estimate of drug-likeness (QED) is 0.678. The van der Waals surface area contributed by atoms with Crippen LogP contribution >= 0.6 is 0 Å². The zero-order chi connectivity index (χ0) is 19.2. The lowest BCUT2D eigenvalue weighted by Crippen LogP contribution is -2.43. The van der Waals surface area contributed by atoms with Gasteiger partial charge < -0.3 is 10.1 Å². The highest BCUT2D eigenvalue weighted by atomic mass is 32.2. The zero-order valence-electron chi connectivity index (χ0n) is 15.3. The number of hydrogen-bond donors (Lipinski definition) is 1.